The highest BCUT2D eigenvalue weighted by Gasteiger charge is 2.38. The predicted octanol–water partition coefficient (Wildman–Crippen LogP) is 3.93. The highest BCUT2D eigenvalue weighted by molar-refractivity contribution is 7.80. The molecule has 0 saturated heterocycles. The second kappa shape index (κ2) is 6.08. The van der Waals surface area contributed by atoms with Crippen LogP contribution in [0.5, 0.6) is 0 Å². The van der Waals surface area contributed by atoms with Gasteiger partial charge in [0.15, 0.2) is 0 Å². The molecule has 0 atom stereocenters. The molecule has 4 heteroatoms. The topological polar surface area (TPSA) is 32.3 Å². The summed E-state index contributed by atoms with van der Waals surface area (Å²) in [5.41, 5.74) is 3.50. The average molecular weight is 328 g/mol. The Balaban J connectivity index is 1.79. The lowest BCUT2D eigenvalue weighted by molar-refractivity contribution is -0.123. The van der Waals surface area contributed by atoms with E-state index in [1.807, 2.05) is 6.08 Å². The molecule has 122 valence electrons. The maximum absolute atomic E-state index is 12.2. The summed E-state index contributed by atoms with van der Waals surface area (Å²) >= 11 is 5.43. The van der Waals surface area contributed by atoms with Crippen molar-refractivity contribution >= 4 is 28.8 Å². The Bertz CT molecular complexity index is 672. The molecule has 0 radical (unpaired) electrons. The normalized spacial score (nSPS) is 21.5. The van der Waals surface area contributed by atoms with Gasteiger partial charge in [-0.15, -0.1) is 0 Å². The number of para-hydroxylation sites is 1. The first kappa shape index (κ1) is 16.2. The second-order valence-electron chi connectivity index (χ2n) is 7.07. The van der Waals surface area contributed by atoms with Crippen LogP contribution in [0.25, 0.3) is 0 Å². The summed E-state index contributed by atoms with van der Waals surface area (Å²) in [7, 11) is 2.06. The average Bonchev–Trinajstić information content (AvgIpc) is 3.11. The van der Waals surface area contributed by atoms with Crippen LogP contribution in [-0.2, 0) is 10.2 Å². The lowest BCUT2D eigenvalue weighted by Gasteiger charge is -2.24. The van der Waals surface area contributed by atoms with Crippen molar-refractivity contribution in [3.05, 3.63) is 41.6 Å². The van der Waals surface area contributed by atoms with Crippen LogP contribution in [0.1, 0.15) is 45.1 Å². The number of carbonyl (C=O) groups excluding carboxylic acids is 1. The van der Waals surface area contributed by atoms with Crippen LogP contribution < -0.4 is 10.2 Å². The van der Waals surface area contributed by atoms with Crippen molar-refractivity contribution in [2.24, 2.45) is 5.92 Å². The number of amides is 1. The minimum atomic E-state index is -0.118. The first-order chi connectivity index (χ1) is 10.9. The Morgan fingerprint density at radius 2 is 1.96 bits per heavy atom. The lowest BCUT2D eigenvalue weighted by atomic mass is 9.84. The highest BCUT2D eigenvalue weighted by Crippen LogP contribution is 2.46. The van der Waals surface area contributed by atoms with Gasteiger partial charge in [0, 0.05) is 29.8 Å². The van der Waals surface area contributed by atoms with Crippen molar-refractivity contribution < 1.29 is 4.79 Å². The third kappa shape index (κ3) is 2.92. The van der Waals surface area contributed by atoms with E-state index in [9.17, 15) is 4.79 Å². The molecule has 1 aliphatic heterocycles. The van der Waals surface area contributed by atoms with Crippen LogP contribution in [0.4, 0.5) is 5.69 Å². The van der Waals surface area contributed by atoms with Gasteiger partial charge in [-0.1, -0.05) is 57.1 Å². The molecule has 1 fully saturated rings. The molecular formula is C19H24N2OS. The molecule has 1 saturated carbocycles. The third-order valence-electron chi connectivity index (χ3n) is 5.18. The van der Waals surface area contributed by atoms with Gasteiger partial charge in [0.25, 0.3) is 0 Å². The van der Waals surface area contributed by atoms with Gasteiger partial charge in [0.2, 0.25) is 5.91 Å². The summed E-state index contributed by atoms with van der Waals surface area (Å²) in [5.74, 6) is 0.221. The Kier molecular flexibility index (Phi) is 4.28. The van der Waals surface area contributed by atoms with Crippen molar-refractivity contribution in [3.8, 4) is 0 Å². The molecule has 3 nitrogen and oxygen atoms in total. The molecule has 0 aromatic heterocycles. The summed E-state index contributed by atoms with van der Waals surface area (Å²) < 4.78 is 0. The van der Waals surface area contributed by atoms with Crippen LogP contribution in [-0.4, -0.2) is 17.9 Å². The minimum Gasteiger partial charge on any atom is -0.347 e. The van der Waals surface area contributed by atoms with Gasteiger partial charge in [0.1, 0.15) is 4.99 Å². The monoisotopic (exact) mass is 328 g/mol. The summed E-state index contributed by atoms with van der Waals surface area (Å²) in [6, 6.07) is 8.40. The quantitative estimate of drug-likeness (QED) is 0.659. The van der Waals surface area contributed by atoms with E-state index in [-0.39, 0.29) is 17.2 Å². The fraction of sp³-hybridized carbons (Fsp3) is 0.474. The summed E-state index contributed by atoms with van der Waals surface area (Å²) in [6.07, 6.45) is 6.22. The number of hydrogen-bond acceptors (Lipinski definition) is 3. The van der Waals surface area contributed by atoms with Crippen LogP contribution in [0.3, 0.4) is 0 Å². The van der Waals surface area contributed by atoms with Crippen LogP contribution in [0.2, 0.25) is 0 Å². The smallest absolute Gasteiger partial charge is 0.228 e. The van der Waals surface area contributed by atoms with Gasteiger partial charge in [-0.2, -0.15) is 0 Å². The predicted molar refractivity (Wildman–Crippen MR) is 98.7 cm³/mol. The maximum atomic E-state index is 12.2. The van der Waals surface area contributed by atoms with E-state index >= 15 is 0 Å². The summed E-state index contributed by atoms with van der Waals surface area (Å²) in [5, 5.41) is 2.92. The zero-order chi connectivity index (χ0) is 16.6. The number of thiocarbonyl (C=S) groups is 1. The van der Waals surface area contributed by atoms with E-state index < -0.39 is 0 Å². The number of likely N-dealkylation sites (N-methyl/N-ethyl adjacent to an activating group) is 1. The fourth-order valence-electron chi connectivity index (χ4n) is 3.83. The molecule has 0 bridgehead atoms. The summed E-state index contributed by atoms with van der Waals surface area (Å²) in [4.78, 5) is 14.9. The van der Waals surface area contributed by atoms with Crippen LogP contribution >= 0.6 is 12.2 Å². The zero-order valence-corrected chi connectivity index (χ0v) is 14.9. The van der Waals surface area contributed by atoms with Gasteiger partial charge in [0.05, 0.1) is 0 Å². The molecule has 1 amide bonds. The van der Waals surface area contributed by atoms with Crippen molar-refractivity contribution in [1.29, 1.82) is 0 Å². The molecule has 2 aliphatic rings. The number of nitrogens with zero attached hydrogens (tertiary/aromatic N) is 1. The van der Waals surface area contributed by atoms with E-state index in [2.05, 4.69) is 55.4 Å². The standard InChI is InChI=1S/C19H24N2OS/c1-19(2)14-10-6-7-11-15(14)21(3)16(19)12-17(23)20-18(22)13-8-4-5-9-13/h6-7,10-13H,4-5,8-9H2,1-3H3,(H,20,22,23). The van der Waals surface area contributed by atoms with Crippen molar-refractivity contribution in [2.45, 2.75) is 44.9 Å². The Labute approximate surface area is 143 Å². The number of nitrogens with one attached hydrogen (secondary N) is 1. The Morgan fingerprint density at radius 3 is 2.61 bits per heavy atom. The SMILES string of the molecule is CN1C(=CC(=S)NC(=O)C2CCCC2)C(C)(C)c2ccccc21. The highest BCUT2D eigenvalue weighted by atomic mass is 32.1. The third-order valence-corrected chi connectivity index (χ3v) is 5.40. The van der Waals surface area contributed by atoms with Gasteiger partial charge in [-0.3, -0.25) is 4.79 Å². The van der Waals surface area contributed by atoms with Crippen molar-refractivity contribution in [3.63, 3.8) is 0 Å². The molecule has 1 heterocycles. The van der Waals surface area contributed by atoms with Gasteiger partial charge >= 0.3 is 0 Å². The van der Waals surface area contributed by atoms with E-state index in [4.69, 9.17) is 12.2 Å². The minimum absolute atomic E-state index is 0.0836. The number of benzene rings is 1. The lowest BCUT2D eigenvalue weighted by Crippen LogP contribution is -2.34. The van der Waals surface area contributed by atoms with Crippen molar-refractivity contribution in [2.75, 3.05) is 11.9 Å². The number of carbonyl (C=O) groups is 1. The molecule has 1 N–H and O–H groups in total. The van der Waals surface area contributed by atoms with E-state index in [1.165, 1.54) is 11.3 Å². The van der Waals surface area contributed by atoms with Gasteiger partial charge < -0.3 is 10.2 Å². The molecule has 0 unspecified atom stereocenters. The fourth-order valence-corrected chi connectivity index (χ4v) is 4.04. The van der Waals surface area contributed by atoms with Gasteiger partial charge in [-0.05, 0) is 30.5 Å². The summed E-state index contributed by atoms with van der Waals surface area (Å²) in [6.45, 7) is 4.39. The molecule has 3 rings (SSSR count). The Hall–Kier alpha value is -1.68. The van der Waals surface area contributed by atoms with E-state index in [1.54, 1.807) is 0 Å². The number of fused-ring (bicyclic) bond motifs is 1. The second-order valence-corrected chi connectivity index (χ2v) is 7.51. The van der Waals surface area contributed by atoms with E-state index in [0.717, 1.165) is 31.4 Å². The molecule has 0 spiro atoms. The zero-order valence-electron chi connectivity index (χ0n) is 14.1. The first-order valence-electron chi connectivity index (χ1n) is 8.31. The molecule has 1 aromatic rings. The molecule has 1 aromatic carbocycles. The van der Waals surface area contributed by atoms with Crippen LogP contribution in [0.15, 0.2) is 36.0 Å². The Morgan fingerprint density at radius 1 is 1.30 bits per heavy atom. The number of allylic oxidation sites excluding steroid dienone is 1. The van der Waals surface area contributed by atoms with Gasteiger partial charge in [-0.25, -0.2) is 0 Å². The number of anilines is 1. The number of rotatable bonds is 2. The molecule has 1 aliphatic carbocycles. The first-order valence-corrected chi connectivity index (χ1v) is 8.72. The molecule has 23 heavy (non-hydrogen) atoms. The van der Waals surface area contributed by atoms with Crippen molar-refractivity contribution in [1.82, 2.24) is 5.32 Å². The van der Waals surface area contributed by atoms with Crippen LogP contribution in [0, 0.1) is 5.92 Å². The molecular weight excluding hydrogens is 304 g/mol. The maximum Gasteiger partial charge on any atom is 0.228 e. The largest absolute Gasteiger partial charge is 0.347 e. The van der Waals surface area contributed by atoms with E-state index in [0.29, 0.717) is 4.99 Å². The number of hydrogen-bond donors (Lipinski definition) is 1.